The number of nitrogens with zero attached hydrogens (tertiary/aromatic N) is 2. The van der Waals surface area contributed by atoms with Crippen LogP contribution < -0.4 is 4.90 Å². The van der Waals surface area contributed by atoms with Gasteiger partial charge in [0.15, 0.2) is 0 Å². The third kappa shape index (κ3) is 3.44. The Balaban J connectivity index is 2.29. The van der Waals surface area contributed by atoms with Crippen molar-refractivity contribution in [2.45, 2.75) is 19.9 Å². The number of anilines is 1. The van der Waals surface area contributed by atoms with Gasteiger partial charge in [-0.15, -0.1) is 0 Å². The molecule has 2 nitrogen and oxygen atoms in total. The third-order valence-electron chi connectivity index (χ3n) is 3.33. The standard InChI is InChI=1S/C17H19FN2/c1-3-4-12-20(17-9-7-16(18)8-10-17)14(2)15-6-5-11-19-13-15/h3-11,13-14H,12H2,1-2H3. The molecule has 0 saturated carbocycles. The number of pyridine rings is 1. The van der Waals surface area contributed by atoms with Gasteiger partial charge in [-0.05, 0) is 49.7 Å². The highest BCUT2D eigenvalue weighted by molar-refractivity contribution is 5.49. The Morgan fingerprint density at radius 2 is 2.00 bits per heavy atom. The summed E-state index contributed by atoms with van der Waals surface area (Å²) >= 11 is 0. The van der Waals surface area contributed by atoms with Crippen LogP contribution in [-0.2, 0) is 0 Å². The van der Waals surface area contributed by atoms with Gasteiger partial charge in [0.05, 0.1) is 6.04 Å². The number of allylic oxidation sites excluding steroid dienone is 1. The minimum Gasteiger partial charge on any atom is -0.361 e. The van der Waals surface area contributed by atoms with Crippen LogP contribution in [0, 0.1) is 5.82 Å². The predicted octanol–water partition coefficient (Wildman–Crippen LogP) is 4.36. The van der Waals surface area contributed by atoms with Crippen LogP contribution in [0.25, 0.3) is 0 Å². The molecule has 1 unspecified atom stereocenters. The fourth-order valence-corrected chi connectivity index (χ4v) is 2.14. The lowest BCUT2D eigenvalue weighted by Crippen LogP contribution is -2.27. The molecule has 0 amide bonds. The van der Waals surface area contributed by atoms with Crippen LogP contribution in [0.4, 0.5) is 10.1 Å². The van der Waals surface area contributed by atoms with Crippen molar-refractivity contribution in [2.24, 2.45) is 0 Å². The van der Waals surface area contributed by atoms with Crippen LogP contribution in [-0.4, -0.2) is 11.5 Å². The van der Waals surface area contributed by atoms with Gasteiger partial charge in [0.1, 0.15) is 5.82 Å². The summed E-state index contributed by atoms with van der Waals surface area (Å²) < 4.78 is 13.1. The number of aromatic nitrogens is 1. The first-order chi connectivity index (χ1) is 9.72. The molecule has 104 valence electrons. The number of hydrogen-bond donors (Lipinski definition) is 0. The minimum absolute atomic E-state index is 0.172. The van der Waals surface area contributed by atoms with Gasteiger partial charge in [-0.1, -0.05) is 18.2 Å². The van der Waals surface area contributed by atoms with E-state index in [-0.39, 0.29) is 11.9 Å². The highest BCUT2D eigenvalue weighted by atomic mass is 19.1. The van der Waals surface area contributed by atoms with Crippen molar-refractivity contribution in [1.29, 1.82) is 0 Å². The average molecular weight is 270 g/mol. The van der Waals surface area contributed by atoms with Gasteiger partial charge in [-0.3, -0.25) is 4.98 Å². The van der Waals surface area contributed by atoms with E-state index in [1.165, 1.54) is 12.1 Å². The molecule has 0 spiro atoms. The first-order valence-electron chi connectivity index (χ1n) is 6.75. The maximum absolute atomic E-state index is 13.1. The van der Waals surface area contributed by atoms with Crippen LogP contribution in [0.15, 0.2) is 60.9 Å². The van der Waals surface area contributed by atoms with Gasteiger partial charge in [-0.25, -0.2) is 4.39 Å². The van der Waals surface area contributed by atoms with E-state index >= 15 is 0 Å². The van der Waals surface area contributed by atoms with E-state index in [0.717, 1.165) is 17.8 Å². The Labute approximate surface area is 119 Å². The SMILES string of the molecule is CC=CCN(c1ccc(F)cc1)C(C)c1cccnc1. The largest absolute Gasteiger partial charge is 0.361 e. The molecule has 3 heteroatoms. The zero-order chi connectivity index (χ0) is 14.4. The zero-order valence-corrected chi connectivity index (χ0v) is 11.8. The van der Waals surface area contributed by atoms with Crippen molar-refractivity contribution in [3.05, 3.63) is 72.3 Å². The molecule has 0 fully saturated rings. The smallest absolute Gasteiger partial charge is 0.123 e. The molecule has 1 aromatic heterocycles. The van der Waals surface area contributed by atoms with E-state index in [2.05, 4.69) is 29.0 Å². The van der Waals surface area contributed by atoms with Crippen molar-refractivity contribution in [2.75, 3.05) is 11.4 Å². The quantitative estimate of drug-likeness (QED) is 0.750. The molecule has 0 aliphatic carbocycles. The van der Waals surface area contributed by atoms with Crippen molar-refractivity contribution in [3.8, 4) is 0 Å². The molecular weight excluding hydrogens is 251 g/mol. The monoisotopic (exact) mass is 270 g/mol. The molecule has 1 aromatic carbocycles. The van der Waals surface area contributed by atoms with Gasteiger partial charge >= 0.3 is 0 Å². The second-order valence-electron chi connectivity index (χ2n) is 4.66. The van der Waals surface area contributed by atoms with Crippen LogP contribution in [0.2, 0.25) is 0 Å². The van der Waals surface area contributed by atoms with Crippen molar-refractivity contribution in [3.63, 3.8) is 0 Å². The summed E-state index contributed by atoms with van der Waals surface area (Å²) in [4.78, 5) is 6.39. The van der Waals surface area contributed by atoms with Gasteiger partial charge in [0, 0.05) is 24.6 Å². The molecule has 20 heavy (non-hydrogen) atoms. The summed E-state index contributed by atoms with van der Waals surface area (Å²) in [5, 5.41) is 0. The molecule has 2 rings (SSSR count). The second kappa shape index (κ2) is 6.85. The van der Waals surface area contributed by atoms with Gasteiger partial charge < -0.3 is 4.90 Å². The van der Waals surface area contributed by atoms with Crippen molar-refractivity contribution < 1.29 is 4.39 Å². The molecule has 0 aliphatic rings. The molecule has 0 radical (unpaired) electrons. The second-order valence-corrected chi connectivity index (χ2v) is 4.66. The summed E-state index contributed by atoms with van der Waals surface area (Å²) in [7, 11) is 0. The maximum Gasteiger partial charge on any atom is 0.123 e. The van der Waals surface area contributed by atoms with Crippen molar-refractivity contribution in [1.82, 2.24) is 4.98 Å². The van der Waals surface area contributed by atoms with Crippen LogP contribution in [0.3, 0.4) is 0 Å². The molecule has 0 N–H and O–H groups in total. The van der Waals surface area contributed by atoms with Gasteiger partial charge in [0.25, 0.3) is 0 Å². The summed E-state index contributed by atoms with van der Waals surface area (Å²) in [6.07, 6.45) is 7.75. The van der Waals surface area contributed by atoms with Gasteiger partial charge in [-0.2, -0.15) is 0 Å². The topological polar surface area (TPSA) is 16.1 Å². The first kappa shape index (κ1) is 14.3. The molecule has 1 atom stereocenters. The molecule has 0 aliphatic heterocycles. The third-order valence-corrected chi connectivity index (χ3v) is 3.33. The van der Waals surface area contributed by atoms with E-state index in [4.69, 9.17) is 0 Å². The lowest BCUT2D eigenvalue weighted by Gasteiger charge is -2.30. The Kier molecular flexibility index (Phi) is 4.88. The van der Waals surface area contributed by atoms with E-state index in [0.29, 0.717) is 0 Å². The van der Waals surface area contributed by atoms with E-state index in [9.17, 15) is 4.39 Å². The highest BCUT2D eigenvalue weighted by Gasteiger charge is 2.15. The molecule has 0 saturated heterocycles. The van der Waals surface area contributed by atoms with Gasteiger partial charge in [0.2, 0.25) is 0 Å². The van der Waals surface area contributed by atoms with E-state index in [1.54, 1.807) is 6.20 Å². The zero-order valence-electron chi connectivity index (χ0n) is 11.8. The van der Waals surface area contributed by atoms with Crippen LogP contribution >= 0.6 is 0 Å². The Morgan fingerprint density at radius 3 is 2.60 bits per heavy atom. The minimum atomic E-state index is -0.214. The normalized spacial score (nSPS) is 12.6. The summed E-state index contributed by atoms with van der Waals surface area (Å²) in [5.74, 6) is -0.214. The molecule has 0 bridgehead atoms. The average Bonchev–Trinajstić information content (AvgIpc) is 2.50. The number of hydrogen-bond acceptors (Lipinski definition) is 2. The summed E-state index contributed by atoms with van der Waals surface area (Å²) in [6.45, 7) is 4.90. The fraction of sp³-hybridized carbons (Fsp3) is 0.235. The van der Waals surface area contributed by atoms with Crippen molar-refractivity contribution >= 4 is 5.69 Å². The summed E-state index contributed by atoms with van der Waals surface area (Å²) in [6, 6.07) is 10.8. The predicted molar refractivity (Wildman–Crippen MR) is 81.2 cm³/mol. The molecular formula is C17H19FN2. The lowest BCUT2D eigenvalue weighted by atomic mass is 10.1. The van der Waals surface area contributed by atoms with Crippen LogP contribution in [0.1, 0.15) is 25.5 Å². The number of benzene rings is 1. The Hall–Kier alpha value is -2.16. The number of halogens is 1. The Bertz CT molecular complexity index is 549. The fourth-order valence-electron chi connectivity index (χ4n) is 2.14. The maximum atomic E-state index is 13.1. The summed E-state index contributed by atoms with van der Waals surface area (Å²) in [5.41, 5.74) is 2.14. The van der Waals surface area contributed by atoms with Crippen LogP contribution in [0.5, 0.6) is 0 Å². The number of rotatable bonds is 5. The highest BCUT2D eigenvalue weighted by Crippen LogP contribution is 2.26. The van der Waals surface area contributed by atoms with E-state index in [1.807, 2.05) is 37.4 Å². The molecule has 1 heterocycles. The molecule has 2 aromatic rings. The Morgan fingerprint density at radius 1 is 1.25 bits per heavy atom. The first-order valence-corrected chi connectivity index (χ1v) is 6.75. The van der Waals surface area contributed by atoms with E-state index < -0.39 is 0 Å². The lowest BCUT2D eigenvalue weighted by molar-refractivity contribution is 0.626.